The van der Waals surface area contributed by atoms with Crippen LogP contribution in [0.15, 0.2) is 12.2 Å². The second-order valence-corrected chi connectivity index (χ2v) is 7.15. The van der Waals surface area contributed by atoms with E-state index in [0.717, 1.165) is 10.6 Å². The molecule has 2 atom stereocenters. The van der Waals surface area contributed by atoms with Crippen LogP contribution in [-0.4, -0.2) is 34.2 Å². The highest BCUT2D eigenvalue weighted by Crippen LogP contribution is 2.35. The third-order valence-electron chi connectivity index (χ3n) is 4.44. The fourth-order valence-electron chi connectivity index (χ4n) is 3.01. The summed E-state index contributed by atoms with van der Waals surface area (Å²) in [5.41, 5.74) is 0.895. The minimum Gasteiger partial charge on any atom is -0.302 e. The highest BCUT2D eigenvalue weighted by molar-refractivity contribution is 7.15. The summed E-state index contributed by atoms with van der Waals surface area (Å²) in [5, 5.41) is 3.28. The number of nitrogens with zero attached hydrogens (tertiary/aromatic N) is 2. The topological polar surface area (TPSA) is 79.4 Å². The Morgan fingerprint density at radius 3 is 2.39 bits per heavy atom. The van der Waals surface area contributed by atoms with Crippen LogP contribution < -0.4 is 5.32 Å². The number of aromatic nitrogens is 1. The molecule has 2 unspecified atom stereocenters. The molecule has 1 aliphatic heterocycles. The van der Waals surface area contributed by atoms with Gasteiger partial charge in [-0.25, -0.2) is 4.98 Å². The quantitative estimate of drug-likeness (QED) is 0.675. The lowest BCUT2D eigenvalue weighted by molar-refractivity contribution is -0.140. The molecule has 0 bridgehead atoms. The van der Waals surface area contributed by atoms with Gasteiger partial charge in [0, 0.05) is 17.8 Å². The van der Waals surface area contributed by atoms with Crippen LogP contribution in [0.25, 0.3) is 0 Å². The number of anilines is 1. The van der Waals surface area contributed by atoms with Gasteiger partial charge < -0.3 is 5.32 Å². The predicted octanol–water partition coefficient (Wildman–Crippen LogP) is 2.04. The number of thiazole rings is 1. The van der Waals surface area contributed by atoms with E-state index in [4.69, 9.17) is 0 Å². The Labute approximate surface area is 138 Å². The first-order valence-corrected chi connectivity index (χ1v) is 8.53. The van der Waals surface area contributed by atoms with Gasteiger partial charge in [-0.05, 0) is 26.7 Å². The Hall–Kier alpha value is -2.02. The molecule has 3 amide bonds. The summed E-state index contributed by atoms with van der Waals surface area (Å²) in [6, 6.07) is 0. The minimum atomic E-state index is -0.236. The molecule has 1 aromatic rings. The SMILES string of the molecule is Cc1nc(NC(=O)CCN2C(=O)C3CC=CCC3C2=O)sc1C. The van der Waals surface area contributed by atoms with E-state index in [1.165, 1.54) is 16.2 Å². The highest BCUT2D eigenvalue weighted by Gasteiger charge is 2.46. The molecule has 0 saturated carbocycles. The molecule has 3 rings (SSSR count). The molecule has 1 aliphatic carbocycles. The molecule has 0 spiro atoms. The molecule has 0 radical (unpaired) electrons. The van der Waals surface area contributed by atoms with Gasteiger partial charge in [0.1, 0.15) is 0 Å². The fraction of sp³-hybridized carbons (Fsp3) is 0.500. The first-order valence-electron chi connectivity index (χ1n) is 7.71. The van der Waals surface area contributed by atoms with Crippen molar-refractivity contribution in [3.05, 3.63) is 22.7 Å². The predicted molar refractivity (Wildman–Crippen MR) is 86.9 cm³/mol. The van der Waals surface area contributed by atoms with Crippen molar-refractivity contribution in [2.24, 2.45) is 11.8 Å². The van der Waals surface area contributed by atoms with Crippen LogP contribution in [-0.2, 0) is 14.4 Å². The van der Waals surface area contributed by atoms with Gasteiger partial charge in [-0.3, -0.25) is 19.3 Å². The number of carbonyl (C=O) groups is 3. The van der Waals surface area contributed by atoms with E-state index in [1.54, 1.807) is 0 Å². The Bertz CT molecular complexity index is 649. The number of hydrogen-bond acceptors (Lipinski definition) is 5. The number of imide groups is 1. The molecule has 2 heterocycles. The van der Waals surface area contributed by atoms with Gasteiger partial charge >= 0.3 is 0 Å². The summed E-state index contributed by atoms with van der Waals surface area (Å²) in [4.78, 5) is 43.2. The Morgan fingerprint density at radius 2 is 1.87 bits per heavy atom. The first kappa shape index (κ1) is 15.9. The molecule has 1 N–H and O–H groups in total. The summed E-state index contributed by atoms with van der Waals surface area (Å²) >= 11 is 1.42. The maximum absolute atomic E-state index is 12.3. The van der Waals surface area contributed by atoms with Gasteiger partial charge in [-0.15, -0.1) is 11.3 Å². The van der Waals surface area contributed by atoms with E-state index in [2.05, 4.69) is 10.3 Å². The van der Waals surface area contributed by atoms with Crippen molar-refractivity contribution in [3.8, 4) is 0 Å². The molecular formula is C16H19N3O3S. The number of nitrogens with one attached hydrogen (secondary N) is 1. The van der Waals surface area contributed by atoms with Crippen molar-refractivity contribution in [2.45, 2.75) is 33.1 Å². The number of allylic oxidation sites excluding steroid dienone is 2. The zero-order valence-electron chi connectivity index (χ0n) is 13.2. The van der Waals surface area contributed by atoms with Gasteiger partial charge in [0.05, 0.1) is 17.5 Å². The van der Waals surface area contributed by atoms with Crippen LogP contribution in [0.1, 0.15) is 29.8 Å². The monoisotopic (exact) mass is 333 g/mol. The highest BCUT2D eigenvalue weighted by atomic mass is 32.1. The number of aryl methyl sites for hydroxylation is 2. The van der Waals surface area contributed by atoms with Crippen LogP contribution in [0.3, 0.4) is 0 Å². The fourth-order valence-corrected chi connectivity index (χ4v) is 3.84. The maximum Gasteiger partial charge on any atom is 0.233 e. The van der Waals surface area contributed by atoms with Crippen molar-refractivity contribution in [1.29, 1.82) is 0 Å². The second-order valence-electron chi connectivity index (χ2n) is 5.94. The summed E-state index contributed by atoms with van der Waals surface area (Å²) in [7, 11) is 0. The third kappa shape index (κ3) is 3.06. The van der Waals surface area contributed by atoms with Crippen LogP contribution in [0, 0.1) is 25.7 Å². The van der Waals surface area contributed by atoms with E-state index in [9.17, 15) is 14.4 Å². The molecule has 1 aromatic heterocycles. The normalized spacial score (nSPS) is 23.3. The van der Waals surface area contributed by atoms with Crippen molar-refractivity contribution in [3.63, 3.8) is 0 Å². The Balaban J connectivity index is 1.57. The number of carbonyl (C=O) groups excluding carboxylic acids is 3. The van der Waals surface area contributed by atoms with Crippen molar-refractivity contribution >= 4 is 34.2 Å². The van der Waals surface area contributed by atoms with Crippen LogP contribution >= 0.6 is 11.3 Å². The van der Waals surface area contributed by atoms with E-state index in [-0.39, 0.29) is 42.5 Å². The molecule has 23 heavy (non-hydrogen) atoms. The zero-order chi connectivity index (χ0) is 16.6. The first-order chi connectivity index (χ1) is 11.0. The standard InChI is InChI=1S/C16H19N3O3S/c1-9-10(2)23-16(17-9)18-13(20)7-8-19-14(21)11-5-3-4-6-12(11)15(19)22/h3-4,11-12H,5-8H2,1-2H3,(H,17,18,20). The Morgan fingerprint density at radius 1 is 1.26 bits per heavy atom. The minimum absolute atomic E-state index is 0.0992. The van der Waals surface area contributed by atoms with E-state index >= 15 is 0 Å². The molecule has 2 aliphatic rings. The molecule has 122 valence electrons. The number of fused-ring (bicyclic) bond motifs is 1. The molecule has 0 aromatic carbocycles. The maximum atomic E-state index is 12.3. The lowest BCUT2D eigenvalue weighted by Crippen LogP contribution is -2.34. The number of amides is 3. The molecular weight excluding hydrogens is 314 g/mol. The zero-order valence-corrected chi connectivity index (χ0v) is 14.0. The Kier molecular flexibility index (Phi) is 4.30. The largest absolute Gasteiger partial charge is 0.302 e. The lowest BCUT2D eigenvalue weighted by Gasteiger charge is -2.14. The smallest absolute Gasteiger partial charge is 0.233 e. The van der Waals surface area contributed by atoms with Crippen molar-refractivity contribution < 1.29 is 14.4 Å². The van der Waals surface area contributed by atoms with Gasteiger partial charge in [-0.1, -0.05) is 12.2 Å². The van der Waals surface area contributed by atoms with E-state index < -0.39 is 0 Å². The summed E-state index contributed by atoms with van der Waals surface area (Å²) in [5.74, 6) is -0.983. The van der Waals surface area contributed by atoms with Gasteiger partial charge in [0.25, 0.3) is 0 Å². The van der Waals surface area contributed by atoms with Crippen LogP contribution in [0.2, 0.25) is 0 Å². The molecule has 6 nitrogen and oxygen atoms in total. The summed E-state index contributed by atoms with van der Waals surface area (Å²) < 4.78 is 0. The second kappa shape index (κ2) is 6.23. The average Bonchev–Trinajstić information content (AvgIpc) is 2.96. The number of likely N-dealkylation sites (tertiary alicyclic amines) is 1. The van der Waals surface area contributed by atoms with Crippen molar-refractivity contribution in [2.75, 3.05) is 11.9 Å². The van der Waals surface area contributed by atoms with Gasteiger partial charge in [-0.2, -0.15) is 0 Å². The third-order valence-corrected chi connectivity index (χ3v) is 5.42. The molecule has 1 saturated heterocycles. The van der Waals surface area contributed by atoms with E-state index in [1.807, 2.05) is 26.0 Å². The summed E-state index contributed by atoms with van der Waals surface area (Å²) in [6.07, 6.45) is 5.25. The lowest BCUT2D eigenvalue weighted by atomic mass is 9.85. The van der Waals surface area contributed by atoms with Crippen molar-refractivity contribution in [1.82, 2.24) is 9.88 Å². The summed E-state index contributed by atoms with van der Waals surface area (Å²) in [6.45, 7) is 3.97. The molecule has 1 fully saturated rings. The van der Waals surface area contributed by atoms with Crippen LogP contribution in [0.5, 0.6) is 0 Å². The van der Waals surface area contributed by atoms with E-state index in [0.29, 0.717) is 18.0 Å². The van der Waals surface area contributed by atoms with Gasteiger partial charge in [0.2, 0.25) is 17.7 Å². The molecule has 7 heteroatoms. The number of rotatable bonds is 4. The average molecular weight is 333 g/mol. The number of hydrogen-bond donors (Lipinski definition) is 1. The van der Waals surface area contributed by atoms with Gasteiger partial charge in [0.15, 0.2) is 5.13 Å². The van der Waals surface area contributed by atoms with Crippen LogP contribution in [0.4, 0.5) is 5.13 Å².